The molecule has 2 rings (SSSR count). The van der Waals surface area contributed by atoms with Crippen LogP contribution in [0.25, 0.3) is 0 Å². The van der Waals surface area contributed by atoms with E-state index >= 15 is 0 Å². The predicted molar refractivity (Wildman–Crippen MR) is 71.9 cm³/mol. The molecule has 1 heterocycles. The molecule has 1 aliphatic rings. The fourth-order valence-electron chi connectivity index (χ4n) is 2.45. The van der Waals surface area contributed by atoms with Crippen molar-refractivity contribution in [3.8, 4) is 0 Å². The molecule has 0 N–H and O–H groups in total. The first-order chi connectivity index (χ1) is 8.24. The molecule has 1 aromatic rings. The van der Waals surface area contributed by atoms with Crippen molar-refractivity contribution < 1.29 is 0 Å². The van der Waals surface area contributed by atoms with Crippen LogP contribution in [0.5, 0.6) is 0 Å². The van der Waals surface area contributed by atoms with Crippen molar-refractivity contribution in [3.05, 3.63) is 17.6 Å². The van der Waals surface area contributed by atoms with E-state index in [4.69, 9.17) is 11.6 Å². The van der Waals surface area contributed by atoms with Gasteiger partial charge in [-0.05, 0) is 39.5 Å². The maximum atomic E-state index is 5.89. The zero-order valence-electron chi connectivity index (χ0n) is 10.6. The summed E-state index contributed by atoms with van der Waals surface area (Å²) in [7, 11) is 0. The van der Waals surface area contributed by atoms with Gasteiger partial charge in [0, 0.05) is 29.7 Å². The van der Waals surface area contributed by atoms with Crippen LogP contribution < -0.4 is 4.90 Å². The van der Waals surface area contributed by atoms with E-state index in [2.05, 4.69) is 28.7 Å². The van der Waals surface area contributed by atoms with Gasteiger partial charge in [-0.1, -0.05) is 0 Å². The zero-order chi connectivity index (χ0) is 12.3. The first-order valence-electron chi connectivity index (χ1n) is 6.39. The van der Waals surface area contributed by atoms with Crippen LogP contribution >= 0.6 is 11.6 Å². The van der Waals surface area contributed by atoms with Gasteiger partial charge in [0.2, 0.25) is 0 Å². The van der Waals surface area contributed by atoms with Crippen molar-refractivity contribution in [3.63, 3.8) is 0 Å². The van der Waals surface area contributed by atoms with Crippen molar-refractivity contribution in [2.75, 3.05) is 17.3 Å². The molecule has 3 nitrogen and oxygen atoms in total. The molecule has 0 fully saturated rings. The summed E-state index contributed by atoms with van der Waals surface area (Å²) in [6.07, 6.45) is 6.40. The summed E-state index contributed by atoms with van der Waals surface area (Å²) in [6, 6.07) is 0.426. The van der Waals surface area contributed by atoms with Gasteiger partial charge in [0.25, 0.3) is 0 Å². The van der Waals surface area contributed by atoms with E-state index in [0.717, 1.165) is 25.2 Å². The molecule has 4 heteroatoms. The number of anilines is 1. The van der Waals surface area contributed by atoms with Crippen LogP contribution in [0.15, 0.2) is 6.33 Å². The van der Waals surface area contributed by atoms with Crippen LogP contribution in [0.4, 0.5) is 5.82 Å². The molecule has 0 saturated carbocycles. The summed E-state index contributed by atoms with van der Waals surface area (Å²) in [6.45, 7) is 5.22. The van der Waals surface area contributed by atoms with Gasteiger partial charge in [0.15, 0.2) is 0 Å². The highest BCUT2D eigenvalue weighted by molar-refractivity contribution is 6.18. The molecule has 0 radical (unpaired) electrons. The van der Waals surface area contributed by atoms with Crippen molar-refractivity contribution in [1.82, 2.24) is 9.97 Å². The maximum absolute atomic E-state index is 5.89. The largest absolute Gasteiger partial charge is 0.353 e. The lowest BCUT2D eigenvalue weighted by atomic mass is 9.96. The Balaban J connectivity index is 2.35. The second kappa shape index (κ2) is 5.67. The van der Waals surface area contributed by atoms with E-state index in [1.807, 2.05) is 0 Å². The summed E-state index contributed by atoms with van der Waals surface area (Å²) in [5.41, 5.74) is 2.58. The Bertz CT molecular complexity index is 379. The minimum Gasteiger partial charge on any atom is -0.353 e. The summed E-state index contributed by atoms with van der Waals surface area (Å²) in [5.74, 6) is 1.74. The third-order valence-electron chi connectivity index (χ3n) is 3.32. The zero-order valence-corrected chi connectivity index (χ0v) is 11.4. The lowest BCUT2D eigenvalue weighted by molar-refractivity contribution is 0.638. The van der Waals surface area contributed by atoms with Gasteiger partial charge in [-0.25, -0.2) is 9.97 Å². The molecule has 0 bridgehead atoms. The number of hydrogen-bond acceptors (Lipinski definition) is 3. The van der Waals surface area contributed by atoms with Gasteiger partial charge in [-0.15, -0.1) is 11.6 Å². The van der Waals surface area contributed by atoms with Gasteiger partial charge >= 0.3 is 0 Å². The Labute approximate surface area is 108 Å². The van der Waals surface area contributed by atoms with Crippen LogP contribution in [0.3, 0.4) is 0 Å². The summed E-state index contributed by atoms with van der Waals surface area (Å²) in [4.78, 5) is 11.2. The molecule has 1 aromatic heterocycles. The summed E-state index contributed by atoms with van der Waals surface area (Å²) in [5, 5.41) is 0. The Morgan fingerprint density at radius 1 is 1.29 bits per heavy atom. The summed E-state index contributed by atoms with van der Waals surface area (Å²) >= 11 is 5.89. The van der Waals surface area contributed by atoms with Crippen LogP contribution in [-0.2, 0) is 12.8 Å². The number of hydrogen-bond donors (Lipinski definition) is 0. The number of halogens is 1. The summed E-state index contributed by atoms with van der Waals surface area (Å²) < 4.78 is 0. The number of aromatic nitrogens is 2. The predicted octanol–water partition coefficient (Wildman–Crippen LogP) is 2.81. The molecule has 0 atom stereocenters. The van der Waals surface area contributed by atoms with Crippen LogP contribution in [0.1, 0.15) is 37.9 Å². The number of nitrogens with zero attached hydrogens (tertiary/aromatic N) is 3. The standard InChI is InChI=1S/C13H20ClN3/c1-10(2)17(8-7-14)13-11-5-3-4-6-12(11)15-9-16-13/h9-10H,3-8H2,1-2H3. The number of fused-ring (bicyclic) bond motifs is 1. The maximum Gasteiger partial charge on any atom is 0.135 e. The van der Waals surface area contributed by atoms with E-state index in [0.29, 0.717) is 11.9 Å². The number of alkyl halides is 1. The van der Waals surface area contributed by atoms with Gasteiger partial charge in [0.1, 0.15) is 12.1 Å². The molecule has 1 aliphatic carbocycles. The molecule has 0 amide bonds. The fraction of sp³-hybridized carbons (Fsp3) is 0.692. The Morgan fingerprint density at radius 2 is 2.06 bits per heavy atom. The Kier molecular flexibility index (Phi) is 4.21. The molecule has 0 spiro atoms. The normalized spacial score (nSPS) is 14.8. The molecule has 0 aliphatic heterocycles. The van der Waals surface area contributed by atoms with Crippen LogP contribution in [-0.4, -0.2) is 28.4 Å². The number of aryl methyl sites for hydroxylation is 1. The van der Waals surface area contributed by atoms with Gasteiger partial charge in [-0.2, -0.15) is 0 Å². The molecule has 0 unspecified atom stereocenters. The second-order valence-electron chi connectivity index (χ2n) is 4.81. The van der Waals surface area contributed by atoms with Gasteiger partial charge < -0.3 is 4.90 Å². The highest BCUT2D eigenvalue weighted by Crippen LogP contribution is 2.28. The number of rotatable bonds is 4. The van der Waals surface area contributed by atoms with Crippen molar-refractivity contribution >= 4 is 17.4 Å². The average Bonchev–Trinajstić information content (AvgIpc) is 2.35. The molecule has 94 valence electrons. The highest BCUT2D eigenvalue weighted by atomic mass is 35.5. The molecule has 0 aromatic carbocycles. The van der Waals surface area contributed by atoms with Gasteiger partial charge in [-0.3, -0.25) is 0 Å². The van der Waals surface area contributed by atoms with E-state index in [1.54, 1.807) is 6.33 Å². The van der Waals surface area contributed by atoms with Crippen molar-refractivity contribution in [2.24, 2.45) is 0 Å². The molecular weight excluding hydrogens is 234 g/mol. The fourth-order valence-corrected chi connectivity index (χ4v) is 2.63. The molecule has 17 heavy (non-hydrogen) atoms. The minimum atomic E-state index is 0.426. The average molecular weight is 254 g/mol. The topological polar surface area (TPSA) is 29.0 Å². The minimum absolute atomic E-state index is 0.426. The van der Waals surface area contributed by atoms with E-state index in [9.17, 15) is 0 Å². The smallest absolute Gasteiger partial charge is 0.135 e. The lowest BCUT2D eigenvalue weighted by Crippen LogP contribution is -2.34. The van der Waals surface area contributed by atoms with Gasteiger partial charge in [0.05, 0.1) is 0 Å². The lowest BCUT2D eigenvalue weighted by Gasteiger charge is -2.30. The highest BCUT2D eigenvalue weighted by Gasteiger charge is 2.20. The Morgan fingerprint density at radius 3 is 2.76 bits per heavy atom. The first-order valence-corrected chi connectivity index (χ1v) is 6.93. The quantitative estimate of drug-likeness (QED) is 0.773. The second-order valence-corrected chi connectivity index (χ2v) is 5.18. The molecular formula is C13H20ClN3. The third kappa shape index (κ3) is 2.71. The van der Waals surface area contributed by atoms with Crippen LogP contribution in [0, 0.1) is 0 Å². The third-order valence-corrected chi connectivity index (χ3v) is 3.49. The van der Waals surface area contributed by atoms with E-state index < -0.39 is 0 Å². The molecule has 0 saturated heterocycles. The van der Waals surface area contributed by atoms with Crippen LogP contribution in [0.2, 0.25) is 0 Å². The van der Waals surface area contributed by atoms with E-state index in [-0.39, 0.29) is 0 Å². The van der Waals surface area contributed by atoms with Crippen molar-refractivity contribution in [1.29, 1.82) is 0 Å². The monoisotopic (exact) mass is 253 g/mol. The van der Waals surface area contributed by atoms with E-state index in [1.165, 1.54) is 24.1 Å². The Hall–Kier alpha value is -0.830. The SMILES string of the molecule is CC(C)N(CCCl)c1ncnc2c1CCCC2. The first kappa shape index (κ1) is 12.6. The van der Waals surface area contributed by atoms with Crippen molar-refractivity contribution in [2.45, 2.75) is 45.6 Å².